The Morgan fingerprint density at radius 3 is 2.50 bits per heavy atom. The van der Waals surface area contributed by atoms with E-state index >= 15 is 0 Å². The number of carbonyl (C=O) groups excluding carboxylic acids is 1. The lowest BCUT2D eigenvalue weighted by Gasteiger charge is -2.07. The quantitative estimate of drug-likeness (QED) is 0.311. The molecule has 7 nitrogen and oxygen atoms in total. The molecule has 0 aromatic heterocycles. The van der Waals surface area contributed by atoms with Gasteiger partial charge < -0.3 is 10.6 Å². The number of benzene rings is 2. The predicted octanol–water partition coefficient (Wildman–Crippen LogP) is 5.01. The average Bonchev–Trinajstić information content (AvgIpc) is 2.59. The molecule has 0 fully saturated rings. The van der Waals surface area contributed by atoms with Gasteiger partial charge in [-0.15, -0.1) is 0 Å². The van der Waals surface area contributed by atoms with Crippen LogP contribution in [0.5, 0.6) is 0 Å². The summed E-state index contributed by atoms with van der Waals surface area (Å²) in [6.45, 7) is 0. The SMILES string of the molecule is N#C/C(=C/Nc1cc(Cl)ccc1Cl)C(=O)Nc1ccc(Cl)c([N+](=O)[O-])c1. The number of nitrogens with one attached hydrogen (secondary N) is 2. The van der Waals surface area contributed by atoms with Crippen molar-refractivity contribution in [2.24, 2.45) is 0 Å². The van der Waals surface area contributed by atoms with E-state index in [9.17, 15) is 14.9 Å². The second-order valence-corrected chi connectivity index (χ2v) is 6.07. The molecule has 132 valence electrons. The molecule has 0 saturated carbocycles. The van der Waals surface area contributed by atoms with Crippen LogP contribution in [0.4, 0.5) is 17.1 Å². The molecule has 2 rings (SSSR count). The minimum atomic E-state index is -0.769. The molecule has 0 radical (unpaired) electrons. The summed E-state index contributed by atoms with van der Waals surface area (Å²) in [5.41, 5.74) is -0.121. The van der Waals surface area contributed by atoms with E-state index in [1.165, 1.54) is 18.2 Å². The first-order valence-electron chi connectivity index (χ1n) is 6.89. The van der Waals surface area contributed by atoms with E-state index in [1.54, 1.807) is 18.2 Å². The fourth-order valence-electron chi connectivity index (χ4n) is 1.84. The predicted molar refractivity (Wildman–Crippen MR) is 101 cm³/mol. The van der Waals surface area contributed by atoms with Crippen LogP contribution < -0.4 is 10.6 Å². The number of nitro benzene ring substituents is 1. The number of amides is 1. The highest BCUT2D eigenvalue weighted by Gasteiger charge is 2.15. The largest absolute Gasteiger partial charge is 0.359 e. The van der Waals surface area contributed by atoms with Gasteiger partial charge in [0.2, 0.25) is 0 Å². The topological polar surface area (TPSA) is 108 Å². The average molecular weight is 412 g/mol. The Balaban J connectivity index is 2.19. The lowest BCUT2D eigenvalue weighted by molar-refractivity contribution is -0.384. The lowest BCUT2D eigenvalue weighted by atomic mass is 10.2. The smallest absolute Gasteiger partial charge is 0.289 e. The minimum Gasteiger partial charge on any atom is -0.359 e. The fourth-order valence-corrected chi connectivity index (χ4v) is 2.37. The molecule has 2 N–H and O–H groups in total. The number of rotatable bonds is 5. The monoisotopic (exact) mass is 410 g/mol. The van der Waals surface area contributed by atoms with Crippen molar-refractivity contribution in [3.63, 3.8) is 0 Å². The summed E-state index contributed by atoms with van der Waals surface area (Å²) in [7, 11) is 0. The van der Waals surface area contributed by atoms with Crippen LogP contribution in [0.1, 0.15) is 0 Å². The zero-order valence-electron chi connectivity index (χ0n) is 12.8. The van der Waals surface area contributed by atoms with Crippen molar-refractivity contribution < 1.29 is 9.72 Å². The molecule has 2 aromatic rings. The van der Waals surface area contributed by atoms with Gasteiger partial charge in [0.05, 0.1) is 15.6 Å². The zero-order chi connectivity index (χ0) is 19.3. The Hall–Kier alpha value is -2.79. The second kappa shape index (κ2) is 8.54. The van der Waals surface area contributed by atoms with Crippen molar-refractivity contribution >= 4 is 57.8 Å². The summed E-state index contributed by atoms with van der Waals surface area (Å²) < 4.78 is 0. The van der Waals surface area contributed by atoms with Crippen molar-refractivity contribution in [3.05, 3.63) is 73.4 Å². The molecule has 0 atom stereocenters. The van der Waals surface area contributed by atoms with Gasteiger partial charge in [-0.3, -0.25) is 14.9 Å². The van der Waals surface area contributed by atoms with Crippen LogP contribution in [0.2, 0.25) is 15.1 Å². The highest BCUT2D eigenvalue weighted by molar-refractivity contribution is 6.35. The molecule has 0 bridgehead atoms. The Morgan fingerprint density at radius 1 is 1.15 bits per heavy atom. The molecule has 26 heavy (non-hydrogen) atoms. The van der Waals surface area contributed by atoms with Crippen LogP contribution in [0.15, 0.2) is 48.2 Å². The van der Waals surface area contributed by atoms with Gasteiger partial charge in [-0.05, 0) is 30.3 Å². The minimum absolute atomic E-state index is 0.0682. The Bertz CT molecular complexity index is 954. The van der Waals surface area contributed by atoms with E-state index in [0.29, 0.717) is 15.7 Å². The maximum Gasteiger partial charge on any atom is 0.289 e. The highest BCUT2D eigenvalue weighted by atomic mass is 35.5. The third-order valence-electron chi connectivity index (χ3n) is 3.07. The van der Waals surface area contributed by atoms with Gasteiger partial charge in [0.25, 0.3) is 11.6 Å². The third-order valence-corrected chi connectivity index (χ3v) is 3.95. The van der Waals surface area contributed by atoms with E-state index in [4.69, 9.17) is 40.1 Å². The fraction of sp³-hybridized carbons (Fsp3) is 0. The molecule has 0 aliphatic carbocycles. The number of halogens is 3. The molecule has 2 aromatic carbocycles. The number of hydrogen-bond acceptors (Lipinski definition) is 5. The van der Waals surface area contributed by atoms with Gasteiger partial charge >= 0.3 is 0 Å². The molecule has 0 spiro atoms. The number of hydrogen-bond donors (Lipinski definition) is 2. The summed E-state index contributed by atoms with van der Waals surface area (Å²) in [5, 5.41) is 25.8. The van der Waals surface area contributed by atoms with E-state index in [0.717, 1.165) is 12.3 Å². The zero-order valence-corrected chi connectivity index (χ0v) is 15.1. The van der Waals surface area contributed by atoms with Crippen LogP contribution in [0.25, 0.3) is 0 Å². The summed E-state index contributed by atoms with van der Waals surface area (Å²) in [6, 6.07) is 10.1. The second-order valence-electron chi connectivity index (χ2n) is 4.82. The molecule has 0 aliphatic rings. The molecule has 0 unspecified atom stereocenters. The van der Waals surface area contributed by atoms with Gasteiger partial charge in [-0.25, -0.2) is 0 Å². The van der Waals surface area contributed by atoms with Gasteiger partial charge in [-0.1, -0.05) is 34.8 Å². The van der Waals surface area contributed by atoms with Crippen LogP contribution in [-0.2, 0) is 4.79 Å². The van der Waals surface area contributed by atoms with E-state index < -0.39 is 10.8 Å². The van der Waals surface area contributed by atoms with E-state index in [1.807, 2.05) is 0 Å². The Labute approximate surface area is 162 Å². The van der Waals surface area contributed by atoms with Gasteiger partial charge in [0.15, 0.2) is 0 Å². The first-order chi connectivity index (χ1) is 12.3. The van der Waals surface area contributed by atoms with E-state index in [2.05, 4.69) is 10.6 Å². The van der Waals surface area contributed by atoms with Crippen molar-refractivity contribution in [2.75, 3.05) is 10.6 Å². The van der Waals surface area contributed by atoms with Gasteiger partial charge in [0.1, 0.15) is 16.7 Å². The summed E-state index contributed by atoms with van der Waals surface area (Å²) >= 11 is 17.6. The van der Waals surface area contributed by atoms with Crippen molar-refractivity contribution in [2.45, 2.75) is 0 Å². The Morgan fingerprint density at radius 2 is 1.85 bits per heavy atom. The first kappa shape index (κ1) is 19.5. The molecular weight excluding hydrogens is 403 g/mol. The van der Waals surface area contributed by atoms with Crippen molar-refractivity contribution in [1.29, 1.82) is 5.26 Å². The maximum atomic E-state index is 12.2. The molecule has 10 heteroatoms. The number of nitriles is 1. The van der Waals surface area contributed by atoms with Crippen LogP contribution in [0.3, 0.4) is 0 Å². The maximum absolute atomic E-state index is 12.2. The summed E-state index contributed by atoms with van der Waals surface area (Å²) in [6.07, 6.45) is 1.15. The van der Waals surface area contributed by atoms with Crippen LogP contribution in [-0.4, -0.2) is 10.8 Å². The molecule has 0 saturated heterocycles. The van der Waals surface area contributed by atoms with Crippen LogP contribution in [0, 0.1) is 21.4 Å². The number of nitro groups is 1. The van der Waals surface area contributed by atoms with Crippen molar-refractivity contribution in [3.8, 4) is 6.07 Å². The normalized spacial score (nSPS) is 10.8. The highest BCUT2D eigenvalue weighted by Crippen LogP contribution is 2.28. The van der Waals surface area contributed by atoms with Crippen molar-refractivity contribution in [1.82, 2.24) is 0 Å². The standard InChI is InChI=1S/C16H9Cl3N4O3/c17-10-1-3-12(18)14(5-10)21-8-9(7-20)16(24)22-11-2-4-13(19)15(6-11)23(25)26/h1-6,8,21H,(H,22,24)/b9-8-. The summed E-state index contributed by atoms with van der Waals surface area (Å²) in [5.74, 6) is -0.769. The van der Waals surface area contributed by atoms with Gasteiger partial charge in [0, 0.05) is 23.0 Å². The van der Waals surface area contributed by atoms with E-state index in [-0.39, 0.29) is 22.0 Å². The third kappa shape index (κ3) is 4.86. The molecule has 0 aliphatic heterocycles. The number of anilines is 2. The van der Waals surface area contributed by atoms with Crippen LogP contribution >= 0.6 is 34.8 Å². The Kier molecular flexibility index (Phi) is 6.41. The molecule has 0 heterocycles. The number of nitrogens with zero attached hydrogens (tertiary/aromatic N) is 2. The lowest BCUT2D eigenvalue weighted by Crippen LogP contribution is -2.14. The molecule has 1 amide bonds. The molecular formula is C16H9Cl3N4O3. The summed E-state index contributed by atoms with van der Waals surface area (Å²) in [4.78, 5) is 22.4. The first-order valence-corrected chi connectivity index (χ1v) is 8.02. The number of carbonyl (C=O) groups is 1. The van der Waals surface area contributed by atoms with Gasteiger partial charge in [-0.2, -0.15) is 5.26 Å².